The van der Waals surface area contributed by atoms with E-state index in [9.17, 15) is 4.79 Å². The molecule has 6 heteroatoms. The van der Waals surface area contributed by atoms with Crippen LogP contribution in [0.4, 0.5) is 5.69 Å². The second-order valence-corrected chi connectivity index (χ2v) is 3.53. The number of hydrogen-bond acceptors (Lipinski definition) is 4. The maximum absolute atomic E-state index is 11.8. The van der Waals surface area contributed by atoms with E-state index >= 15 is 0 Å². The number of rotatable bonds is 2. The van der Waals surface area contributed by atoms with Gasteiger partial charge in [-0.05, 0) is 25.5 Å². The van der Waals surface area contributed by atoms with Crippen LogP contribution in [0.1, 0.15) is 18.3 Å². The van der Waals surface area contributed by atoms with Gasteiger partial charge in [-0.25, -0.2) is 0 Å². The van der Waals surface area contributed by atoms with E-state index in [1.807, 2.05) is 13.8 Å². The fourth-order valence-electron chi connectivity index (χ4n) is 1.44. The summed E-state index contributed by atoms with van der Waals surface area (Å²) in [5.41, 5.74) is 7.14. The molecule has 2 rings (SSSR count). The Morgan fingerprint density at radius 3 is 2.69 bits per heavy atom. The normalized spacial score (nSPS) is 10.6. The van der Waals surface area contributed by atoms with Crippen molar-refractivity contribution in [3.8, 4) is 5.82 Å². The molecule has 0 fully saturated rings. The molecule has 0 aliphatic rings. The average Bonchev–Trinajstić information content (AvgIpc) is 2.57. The first-order valence-electron chi connectivity index (χ1n) is 5.03. The van der Waals surface area contributed by atoms with Crippen LogP contribution in [0.5, 0.6) is 0 Å². The minimum absolute atomic E-state index is 0.241. The van der Waals surface area contributed by atoms with Gasteiger partial charge >= 0.3 is 0 Å². The lowest BCUT2D eigenvalue weighted by Crippen LogP contribution is -2.18. The third-order valence-electron chi connectivity index (χ3n) is 2.37. The van der Waals surface area contributed by atoms with E-state index < -0.39 is 0 Å². The molecule has 0 aliphatic heterocycles. The van der Waals surface area contributed by atoms with Gasteiger partial charge in [0, 0.05) is 0 Å². The summed E-state index contributed by atoms with van der Waals surface area (Å²) >= 11 is 0. The standard InChI is InChI=1S/C10H13N5O/c1-3-7-9(11)10(16)15(14-7)8-5-4-6(2)12-13-8/h4-5,14H,3,11H2,1-2H3. The van der Waals surface area contributed by atoms with Gasteiger partial charge < -0.3 is 5.73 Å². The van der Waals surface area contributed by atoms with Crippen molar-refractivity contribution >= 4 is 5.69 Å². The average molecular weight is 219 g/mol. The van der Waals surface area contributed by atoms with Crippen molar-refractivity contribution in [2.45, 2.75) is 20.3 Å². The first-order valence-corrected chi connectivity index (χ1v) is 5.03. The Bertz CT molecular complexity index is 552. The van der Waals surface area contributed by atoms with Gasteiger partial charge in [-0.15, -0.1) is 5.10 Å². The molecule has 3 N–H and O–H groups in total. The number of hydrogen-bond donors (Lipinski definition) is 2. The quantitative estimate of drug-likeness (QED) is 0.765. The first-order chi connectivity index (χ1) is 7.63. The molecule has 84 valence electrons. The number of anilines is 1. The van der Waals surface area contributed by atoms with Crippen LogP contribution in [0.3, 0.4) is 0 Å². The highest BCUT2D eigenvalue weighted by molar-refractivity contribution is 5.42. The number of nitrogens with two attached hydrogens (primary N) is 1. The number of aryl methyl sites for hydroxylation is 2. The molecule has 0 atom stereocenters. The van der Waals surface area contributed by atoms with Crippen LogP contribution < -0.4 is 11.3 Å². The van der Waals surface area contributed by atoms with Crippen LogP contribution in [-0.2, 0) is 6.42 Å². The number of nitrogens with zero attached hydrogens (tertiary/aromatic N) is 3. The Morgan fingerprint density at radius 2 is 2.19 bits per heavy atom. The van der Waals surface area contributed by atoms with Gasteiger partial charge in [0.2, 0.25) is 0 Å². The lowest BCUT2D eigenvalue weighted by Gasteiger charge is -1.99. The van der Waals surface area contributed by atoms with E-state index in [4.69, 9.17) is 5.73 Å². The van der Waals surface area contributed by atoms with Gasteiger partial charge in [0.1, 0.15) is 5.69 Å². The monoisotopic (exact) mass is 219 g/mol. The zero-order valence-corrected chi connectivity index (χ0v) is 9.19. The van der Waals surface area contributed by atoms with E-state index in [0.29, 0.717) is 17.9 Å². The van der Waals surface area contributed by atoms with Crippen molar-refractivity contribution in [2.75, 3.05) is 5.73 Å². The molecule has 0 radical (unpaired) electrons. The van der Waals surface area contributed by atoms with Crippen LogP contribution >= 0.6 is 0 Å². The highest BCUT2D eigenvalue weighted by Gasteiger charge is 2.11. The molecule has 0 unspecified atom stereocenters. The smallest absolute Gasteiger partial charge is 0.296 e. The van der Waals surface area contributed by atoms with Gasteiger partial charge in [0.25, 0.3) is 5.56 Å². The number of nitrogen functional groups attached to an aromatic ring is 1. The third-order valence-corrected chi connectivity index (χ3v) is 2.37. The second kappa shape index (κ2) is 3.80. The molecule has 0 amide bonds. The van der Waals surface area contributed by atoms with Crippen molar-refractivity contribution in [3.63, 3.8) is 0 Å². The summed E-state index contributed by atoms with van der Waals surface area (Å²) in [7, 11) is 0. The SMILES string of the molecule is CCc1[nH]n(-c2ccc(C)nn2)c(=O)c1N. The van der Waals surface area contributed by atoms with Crippen molar-refractivity contribution in [1.29, 1.82) is 0 Å². The Hall–Kier alpha value is -2.11. The molecule has 0 bridgehead atoms. The lowest BCUT2D eigenvalue weighted by molar-refractivity contribution is 0.767. The van der Waals surface area contributed by atoms with Gasteiger partial charge in [-0.2, -0.15) is 9.78 Å². The summed E-state index contributed by atoms with van der Waals surface area (Å²) in [6.07, 6.45) is 0.674. The third kappa shape index (κ3) is 1.58. The molecular weight excluding hydrogens is 206 g/mol. The lowest BCUT2D eigenvalue weighted by atomic mass is 10.3. The number of H-pyrrole nitrogens is 1. The molecular formula is C10H13N5O. The molecule has 0 aliphatic carbocycles. The van der Waals surface area contributed by atoms with Gasteiger partial charge in [-0.1, -0.05) is 6.92 Å². The Labute approximate surface area is 92.1 Å². The van der Waals surface area contributed by atoms with Crippen LogP contribution in [-0.4, -0.2) is 20.0 Å². The van der Waals surface area contributed by atoms with Crippen LogP contribution in [0.25, 0.3) is 5.82 Å². The predicted molar refractivity (Wildman–Crippen MR) is 60.5 cm³/mol. The van der Waals surface area contributed by atoms with E-state index in [0.717, 1.165) is 5.69 Å². The molecule has 0 saturated heterocycles. The zero-order valence-electron chi connectivity index (χ0n) is 9.19. The van der Waals surface area contributed by atoms with E-state index in [1.165, 1.54) is 4.68 Å². The molecule has 2 heterocycles. The Morgan fingerprint density at radius 1 is 1.44 bits per heavy atom. The topological polar surface area (TPSA) is 89.6 Å². The molecule has 6 nitrogen and oxygen atoms in total. The summed E-state index contributed by atoms with van der Waals surface area (Å²) in [6.45, 7) is 3.76. The van der Waals surface area contributed by atoms with Crippen molar-refractivity contribution in [1.82, 2.24) is 20.0 Å². The number of nitrogens with one attached hydrogen (secondary N) is 1. The first kappa shape index (κ1) is 10.4. The van der Waals surface area contributed by atoms with Crippen LogP contribution in [0.2, 0.25) is 0 Å². The predicted octanol–water partition coefficient (Wildman–Crippen LogP) is 0.409. The van der Waals surface area contributed by atoms with Crippen LogP contribution in [0.15, 0.2) is 16.9 Å². The highest BCUT2D eigenvalue weighted by atomic mass is 16.1. The Balaban J connectivity index is 2.56. The van der Waals surface area contributed by atoms with Crippen molar-refractivity contribution in [3.05, 3.63) is 33.9 Å². The van der Waals surface area contributed by atoms with Gasteiger partial charge in [0.05, 0.1) is 11.4 Å². The molecule has 0 aromatic carbocycles. The summed E-state index contributed by atoms with van der Waals surface area (Å²) in [5, 5.41) is 10.7. The van der Waals surface area contributed by atoms with E-state index in [-0.39, 0.29) is 11.2 Å². The summed E-state index contributed by atoms with van der Waals surface area (Å²) in [5.74, 6) is 0.446. The van der Waals surface area contributed by atoms with Crippen molar-refractivity contribution in [2.24, 2.45) is 0 Å². The zero-order chi connectivity index (χ0) is 11.7. The largest absolute Gasteiger partial charge is 0.393 e. The molecule has 2 aromatic rings. The second-order valence-electron chi connectivity index (χ2n) is 3.53. The van der Waals surface area contributed by atoms with Gasteiger partial charge in [0.15, 0.2) is 5.82 Å². The van der Waals surface area contributed by atoms with E-state index in [2.05, 4.69) is 15.3 Å². The number of aromatic amines is 1. The maximum Gasteiger partial charge on any atom is 0.296 e. The molecule has 0 saturated carbocycles. The minimum Gasteiger partial charge on any atom is -0.393 e. The summed E-state index contributed by atoms with van der Waals surface area (Å²) < 4.78 is 1.31. The molecule has 16 heavy (non-hydrogen) atoms. The fraction of sp³-hybridized carbons (Fsp3) is 0.300. The highest BCUT2D eigenvalue weighted by Crippen LogP contribution is 2.07. The summed E-state index contributed by atoms with van der Waals surface area (Å²) in [4.78, 5) is 11.8. The minimum atomic E-state index is -0.282. The molecule has 0 spiro atoms. The fourth-order valence-corrected chi connectivity index (χ4v) is 1.44. The van der Waals surface area contributed by atoms with Gasteiger partial charge in [-0.3, -0.25) is 9.89 Å². The summed E-state index contributed by atoms with van der Waals surface area (Å²) in [6, 6.07) is 3.51. The maximum atomic E-state index is 11.8. The number of aromatic nitrogens is 4. The van der Waals surface area contributed by atoms with Crippen molar-refractivity contribution < 1.29 is 0 Å². The Kier molecular flexibility index (Phi) is 2.47. The molecule has 2 aromatic heterocycles. The van der Waals surface area contributed by atoms with E-state index in [1.54, 1.807) is 12.1 Å². The van der Waals surface area contributed by atoms with Crippen LogP contribution in [0, 0.1) is 6.92 Å².